The van der Waals surface area contributed by atoms with Gasteiger partial charge >= 0.3 is 0 Å². The molecule has 110 valence electrons. The first-order chi connectivity index (χ1) is 9.32. The molecular formula is C13H21N5OS. The third kappa shape index (κ3) is 2.98. The Morgan fingerprint density at radius 2 is 2.20 bits per heavy atom. The third-order valence-corrected chi connectivity index (χ3v) is 3.71. The van der Waals surface area contributed by atoms with Crippen molar-refractivity contribution in [2.24, 2.45) is 0 Å². The standard InChI is InChI=1S/C13H21N5OS/c1-8(7-20-5)15-12-16-10-9(11(19)17-12)6-14-18(10)13(2,3)4/h6,8H,7H2,1-5H3,(H2,15,16,17,19). The van der Waals surface area contributed by atoms with Gasteiger partial charge in [-0.05, 0) is 34.0 Å². The van der Waals surface area contributed by atoms with Crippen LogP contribution in [0.5, 0.6) is 0 Å². The summed E-state index contributed by atoms with van der Waals surface area (Å²) in [6.45, 7) is 8.16. The predicted octanol–water partition coefficient (Wildman–Crippen LogP) is 2.04. The fraction of sp³-hybridized carbons (Fsp3) is 0.615. The van der Waals surface area contributed by atoms with E-state index < -0.39 is 0 Å². The number of H-pyrrole nitrogens is 1. The van der Waals surface area contributed by atoms with Gasteiger partial charge in [-0.2, -0.15) is 21.8 Å². The van der Waals surface area contributed by atoms with Crippen LogP contribution in [0.3, 0.4) is 0 Å². The van der Waals surface area contributed by atoms with Crippen molar-refractivity contribution in [1.82, 2.24) is 19.7 Å². The van der Waals surface area contributed by atoms with Crippen molar-refractivity contribution < 1.29 is 0 Å². The van der Waals surface area contributed by atoms with E-state index in [1.165, 1.54) is 0 Å². The fourth-order valence-electron chi connectivity index (χ4n) is 2.00. The number of hydrogen-bond donors (Lipinski definition) is 2. The number of aromatic amines is 1. The second-order valence-corrected chi connectivity index (χ2v) is 6.79. The van der Waals surface area contributed by atoms with Gasteiger partial charge in [0.2, 0.25) is 5.95 Å². The van der Waals surface area contributed by atoms with Crippen LogP contribution in [0, 0.1) is 0 Å². The van der Waals surface area contributed by atoms with Crippen LogP contribution < -0.4 is 10.9 Å². The molecule has 0 bridgehead atoms. The minimum absolute atomic E-state index is 0.163. The normalized spacial score (nSPS) is 13.7. The molecule has 0 aliphatic heterocycles. The average molecular weight is 295 g/mol. The minimum Gasteiger partial charge on any atom is -0.352 e. The summed E-state index contributed by atoms with van der Waals surface area (Å²) < 4.78 is 1.78. The van der Waals surface area contributed by atoms with E-state index in [-0.39, 0.29) is 17.1 Å². The highest BCUT2D eigenvalue weighted by atomic mass is 32.2. The van der Waals surface area contributed by atoms with E-state index in [0.717, 1.165) is 5.75 Å². The Balaban J connectivity index is 2.47. The molecule has 0 saturated heterocycles. The summed E-state index contributed by atoms with van der Waals surface area (Å²) in [4.78, 5) is 19.4. The maximum absolute atomic E-state index is 12.1. The molecule has 0 aliphatic rings. The van der Waals surface area contributed by atoms with E-state index >= 15 is 0 Å². The van der Waals surface area contributed by atoms with Gasteiger partial charge in [-0.3, -0.25) is 9.78 Å². The van der Waals surface area contributed by atoms with Crippen molar-refractivity contribution in [1.29, 1.82) is 0 Å². The van der Waals surface area contributed by atoms with E-state index in [1.54, 1.807) is 22.6 Å². The number of fused-ring (bicyclic) bond motifs is 1. The minimum atomic E-state index is -0.218. The second kappa shape index (κ2) is 5.47. The Kier molecular flexibility index (Phi) is 4.08. The molecule has 0 radical (unpaired) electrons. The summed E-state index contributed by atoms with van der Waals surface area (Å²) in [5, 5.41) is 8.02. The third-order valence-electron chi connectivity index (χ3n) is 2.87. The zero-order valence-corrected chi connectivity index (χ0v) is 13.3. The Bertz CT molecular complexity index is 655. The molecule has 2 heterocycles. The molecule has 0 saturated carbocycles. The molecule has 0 spiro atoms. The highest BCUT2D eigenvalue weighted by Gasteiger charge is 2.20. The van der Waals surface area contributed by atoms with Gasteiger partial charge in [0, 0.05) is 11.8 Å². The van der Waals surface area contributed by atoms with Crippen LogP contribution in [0.25, 0.3) is 11.0 Å². The highest BCUT2D eigenvalue weighted by molar-refractivity contribution is 7.98. The molecule has 2 aromatic heterocycles. The van der Waals surface area contributed by atoms with Crippen molar-refractivity contribution in [2.45, 2.75) is 39.3 Å². The first-order valence-electron chi connectivity index (χ1n) is 6.57. The maximum atomic E-state index is 12.1. The van der Waals surface area contributed by atoms with E-state index in [1.807, 2.05) is 27.0 Å². The molecule has 2 rings (SSSR count). The van der Waals surface area contributed by atoms with Gasteiger partial charge in [0.1, 0.15) is 5.39 Å². The average Bonchev–Trinajstić information content (AvgIpc) is 2.72. The lowest BCUT2D eigenvalue weighted by Gasteiger charge is -2.20. The summed E-state index contributed by atoms with van der Waals surface area (Å²) in [6.07, 6.45) is 3.62. The molecule has 0 fully saturated rings. The molecule has 2 N–H and O–H groups in total. The van der Waals surface area contributed by atoms with Gasteiger partial charge in [-0.15, -0.1) is 0 Å². The van der Waals surface area contributed by atoms with Crippen LogP contribution in [0.1, 0.15) is 27.7 Å². The van der Waals surface area contributed by atoms with Crippen LogP contribution in [0.4, 0.5) is 5.95 Å². The van der Waals surface area contributed by atoms with E-state index in [9.17, 15) is 4.79 Å². The van der Waals surface area contributed by atoms with Gasteiger partial charge in [0.05, 0.1) is 11.7 Å². The van der Waals surface area contributed by atoms with Crippen molar-refractivity contribution in [3.8, 4) is 0 Å². The van der Waals surface area contributed by atoms with Gasteiger partial charge in [-0.25, -0.2) is 4.68 Å². The van der Waals surface area contributed by atoms with Crippen molar-refractivity contribution in [3.63, 3.8) is 0 Å². The van der Waals surface area contributed by atoms with Crippen molar-refractivity contribution in [3.05, 3.63) is 16.6 Å². The number of hydrogen-bond acceptors (Lipinski definition) is 5. The molecule has 1 unspecified atom stereocenters. The van der Waals surface area contributed by atoms with E-state index in [4.69, 9.17) is 0 Å². The van der Waals surface area contributed by atoms with Crippen LogP contribution in [-0.4, -0.2) is 37.8 Å². The molecule has 0 aliphatic carbocycles. The summed E-state index contributed by atoms with van der Waals surface area (Å²) in [7, 11) is 0. The largest absolute Gasteiger partial charge is 0.352 e. The second-order valence-electron chi connectivity index (χ2n) is 5.88. The lowest BCUT2D eigenvalue weighted by atomic mass is 10.1. The Morgan fingerprint density at radius 1 is 1.50 bits per heavy atom. The van der Waals surface area contributed by atoms with Gasteiger partial charge < -0.3 is 5.32 Å². The van der Waals surface area contributed by atoms with E-state index in [2.05, 4.69) is 27.3 Å². The van der Waals surface area contributed by atoms with Crippen molar-refractivity contribution >= 4 is 28.7 Å². The lowest BCUT2D eigenvalue weighted by Crippen LogP contribution is -2.25. The number of aromatic nitrogens is 4. The molecule has 1 atom stereocenters. The topological polar surface area (TPSA) is 75.6 Å². The highest BCUT2D eigenvalue weighted by Crippen LogP contribution is 2.18. The first-order valence-corrected chi connectivity index (χ1v) is 7.96. The number of rotatable bonds is 4. The Morgan fingerprint density at radius 3 is 2.80 bits per heavy atom. The molecule has 2 aromatic rings. The summed E-state index contributed by atoms with van der Waals surface area (Å²) in [5.41, 5.74) is 0.231. The zero-order valence-electron chi connectivity index (χ0n) is 12.5. The molecule has 0 amide bonds. The number of nitrogens with zero attached hydrogens (tertiary/aromatic N) is 3. The Hall–Kier alpha value is -1.50. The Labute approximate surface area is 122 Å². The molecular weight excluding hydrogens is 274 g/mol. The van der Waals surface area contributed by atoms with Crippen LogP contribution in [0.2, 0.25) is 0 Å². The summed E-state index contributed by atoms with van der Waals surface area (Å²) in [6, 6.07) is 0.233. The van der Waals surface area contributed by atoms with E-state index in [0.29, 0.717) is 17.0 Å². The molecule has 7 heteroatoms. The van der Waals surface area contributed by atoms with Gasteiger partial charge in [0.25, 0.3) is 5.56 Å². The quantitative estimate of drug-likeness (QED) is 0.902. The van der Waals surface area contributed by atoms with Crippen LogP contribution >= 0.6 is 11.8 Å². The van der Waals surface area contributed by atoms with Gasteiger partial charge in [-0.1, -0.05) is 0 Å². The maximum Gasteiger partial charge on any atom is 0.263 e. The van der Waals surface area contributed by atoms with Crippen molar-refractivity contribution in [2.75, 3.05) is 17.3 Å². The molecule has 0 aromatic carbocycles. The monoisotopic (exact) mass is 295 g/mol. The number of thioether (sulfide) groups is 1. The number of nitrogens with one attached hydrogen (secondary N) is 2. The smallest absolute Gasteiger partial charge is 0.263 e. The lowest BCUT2D eigenvalue weighted by molar-refractivity contribution is 0.366. The molecule has 20 heavy (non-hydrogen) atoms. The summed E-state index contributed by atoms with van der Waals surface area (Å²) in [5.74, 6) is 1.44. The van der Waals surface area contributed by atoms with Gasteiger partial charge in [0.15, 0.2) is 5.65 Å². The van der Waals surface area contributed by atoms with Crippen LogP contribution in [0.15, 0.2) is 11.0 Å². The fourth-order valence-corrected chi connectivity index (χ4v) is 2.59. The predicted molar refractivity (Wildman–Crippen MR) is 84.6 cm³/mol. The SMILES string of the molecule is CSCC(C)Nc1nc2c(cnn2C(C)(C)C)c(=O)[nH]1. The first kappa shape index (κ1) is 14.9. The summed E-state index contributed by atoms with van der Waals surface area (Å²) >= 11 is 1.75. The number of anilines is 1. The zero-order chi connectivity index (χ0) is 14.9. The van der Waals surface area contributed by atoms with Crippen LogP contribution in [-0.2, 0) is 5.54 Å². The molecule has 6 nitrogen and oxygen atoms in total.